The molecule has 0 N–H and O–H groups in total. The zero-order valence-electron chi connectivity index (χ0n) is 13.0. The van der Waals surface area contributed by atoms with E-state index in [1.165, 1.54) is 16.7 Å². The first kappa shape index (κ1) is 17.9. The predicted molar refractivity (Wildman–Crippen MR) is 87.5 cm³/mol. The first-order valence-corrected chi connectivity index (χ1v) is 6.84. The third kappa shape index (κ3) is 10.5. The standard InChI is InChI=1S/C17H30N2/c1-8-9-18(12-15(2)3)10-11-19(13-16(4)5)14-17(6)7/h8H,1-2,4,6,9-14H2,3,5,7H3. The summed E-state index contributed by atoms with van der Waals surface area (Å²) in [5.41, 5.74) is 3.57. The van der Waals surface area contributed by atoms with Crippen LogP contribution in [0.5, 0.6) is 0 Å². The SMILES string of the molecule is C=CCN(CCN(CC(=C)C)CC(=C)C)CC(=C)C. The Morgan fingerprint density at radius 1 is 0.789 bits per heavy atom. The number of hydrogen-bond acceptors (Lipinski definition) is 2. The van der Waals surface area contributed by atoms with Gasteiger partial charge >= 0.3 is 0 Å². The van der Waals surface area contributed by atoms with E-state index in [-0.39, 0.29) is 0 Å². The van der Waals surface area contributed by atoms with E-state index in [0.29, 0.717) is 0 Å². The normalized spacial score (nSPS) is 10.8. The Balaban J connectivity index is 4.37. The summed E-state index contributed by atoms with van der Waals surface area (Å²) < 4.78 is 0. The summed E-state index contributed by atoms with van der Waals surface area (Å²) in [4.78, 5) is 4.75. The highest BCUT2D eigenvalue weighted by Crippen LogP contribution is 2.03. The Hall–Kier alpha value is -1.12. The van der Waals surface area contributed by atoms with E-state index in [4.69, 9.17) is 0 Å². The fraction of sp³-hybridized carbons (Fsp3) is 0.529. The Kier molecular flexibility index (Phi) is 9.19. The van der Waals surface area contributed by atoms with Gasteiger partial charge in [-0.25, -0.2) is 0 Å². The van der Waals surface area contributed by atoms with Gasteiger partial charge in [-0.15, -0.1) is 6.58 Å². The fourth-order valence-electron chi connectivity index (χ4n) is 2.06. The van der Waals surface area contributed by atoms with Crippen LogP contribution < -0.4 is 0 Å². The minimum absolute atomic E-state index is 0.904. The van der Waals surface area contributed by atoms with Gasteiger partial charge in [-0.05, 0) is 20.8 Å². The zero-order valence-corrected chi connectivity index (χ0v) is 13.0. The first-order chi connectivity index (χ1) is 8.85. The van der Waals surface area contributed by atoms with Gasteiger partial charge in [0.1, 0.15) is 0 Å². The van der Waals surface area contributed by atoms with E-state index in [0.717, 1.165) is 39.3 Å². The minimum atomic E-state index is 0.904. The van der Waals surface area contributed by atoms with E-state index >= 15 is 0 Å². The lowest BCUT2D eigenvalue weighted by molar-refractivity contribution is 0.246. The average Bonchev–Trinajstić information content (AvgIpc) is 2.23. The molecule has 0 aliphatic heterocycles. The Morgan fingerprint density at radius 2 is 1.16 bits per heavy atom. The molecule has 0 spiro atoms. The van der Waals surface area contributed by atoms with Crippen LogP contribution in [-0.2, 0) is 0 Å². The second kappa shape index (κ2) is 9.76. The molecule has 0 unspecified atom stereocenters. The summed E-state index contributed by atoms with van der Waals surface area (Å²) in [6.07, 6.45) is 1.95. The van der Waals surface area contributed by atoms with E-state index in [2.05, 4.69) is 56.9 Å². The summed E-state index contributed by atoms with van der Waals surface area (Å²) in [6, 6.07) is 0. The smallest absolute Gasteiger partial charge is 0.0191 e. The largest absolute Gasteiger partial charge is 0.295 e. The molecule has 0 fully saturated rings. The highest BCUT2D eigenvalue weighted by Gasteiger charge is 2.09. The van der Waals surface area contributed by atoms with Gasteiger partial charge in [0.2, 0.25) is 0 Å². The van der Waals surface area contributed by atoms with Crippen LogP contribution in [0.15, 0.2) is 49.1 Å². The molecule has 108 valence electrons. The molecule has 0 saturated heterocycles. The second-order valence-corrected chi connectivity index (χ2v) is 5.61. The molecular weight excluding hydrogens is 232 g/mol. The number of rotatable bonds is 11. The monoisotopic (exact) mass is 262 g/mol. The van der Waals surface area contributed by atoms with Gasteiger partial charge in [-0.3, -0.25) is 9.80 Å². The van der Waals surface area contributed by atoms with Crippen molar-refractivity contribution in [3.8, 4) is 0 Å². The van der Waals surface area contributed by atoms with Gasteiger partial charge in [-0.1, -0.05) is 42.5 Å². The van der Waals surface area contributed by atoms with Crippen molar-refractivity contribution in [3.05, 3.63) is 49.1 Å². The fourth-order valence-corrected chi connectivity index (χ4v) is 2.06. The molecule has 19 heavy (non-hydrogen) atoms. The van der Waals surface area contributed by atoms with Crippen LogP contribution in [0.2, 0.25) is 0 Å². The van der Waals surface area contributed by atoms with Crippen LogP contribution in [0.3, 0.4) is 0 Å². The van der Waals surface area contributed by atoms with Gasteiger partial charge in [0.15, 0.2) is 0 Å². The molecule has 0 aromatic carbocycles. The van der Waals surface area contributed by atoms with Crippen LogP contribution in [0.4, 0.5) is 0 Å². The lowest BCUT2D eigenvalue weighted by Gasteiger charge is -2.27. The maximum Gasteiger partial charge on any atom is 0.0191 e. The van der Waals surface area contributed by atoms with Crippen molar-refractivity contribution < 1.29 is 0 Å². The molecule has 0 radical (unpaired) electrons. The molecule has 0 aliphatic rings. The van der Waals surface area contributed by atoms with Crippen molar-refractivity contribution >= 4 is 0 Å². The number of nitrogens with zero attached hydrogens (tertiary/aromatic N) is 2. The molecule has 0 rings (SSSR count). The van der Waals surface area contributed by atoms with Gasteiger partial charge in [0, 0.05) is 39.3 Å². The van der Waals surface area contributed by atoms with E-state index < -0.39 is 0 Å². The second-order valence-electron chi connectivity index (χ2n) is 5.61. The molecule has 2 nitrogen and oxygen atoms in total. The quantitative estimate of drug-likeness (QED) is 0.526. The van der Waals surface area contributed by atoms with E-state index in [1.54, 1.807) is 0 Å². The Labute approximate surface area is 119 Å². The van der Waals surface area contributed by atoms with E-state index in [9.17, 15) is 0 Å². The third-order valence-corrected chi connectivity index (χ3v) is 2.60. The van der Waals surface area contributed by atoms with Crippen molar-refractivity contribution in [1.82, 2.24) is 9.80 Å². The topological polar surface area (TPSA) is 6.48 Å². The maximum atomic E-state index is 4.00. The highest BCUT2D eigenvalue weighted by atomic mass is 15.2. The van der Waals surface area contributed by atoms with Gasteiger partial charge < -0.3 is 0 Å². The number of hydrogen-bond donors (Lipinski definition) is 0. The molecular formula is C17H30N2. The lowest BCUT2D eigenvalue weighted by atomic mass is 10.2. The van der Waals surface area contributed by atoms with Crippen molar-refractivity contribution in [1.29, 1.82) is 0 Å². The summed E-state index contributed by atoms with van der Waals surface area (Å²) in [5.74, 6) is 0. The lowest BCUT2D eigenvalue weighted by Crippen LogP contribution is -2.37. The van der Waals surface area contributed by atoms with Crippen molar-refractivity contribution in [3.63, 3.8) is 0 Å². The van der Waals surface area contributed by atoms with Gasteiger partial charge in [0.05, 0.1) is 0 Å². The highest BCUT2D eigenvalue weighted by molar-refractivity contribution is 4.98. The molecule has 0 bridgehead atoms. The summed E-state index contributed by atoms with van der Waals surface area (Å²) in [7, 11) is 0. The van der Waals surface area contributed by atoms with Crippen LogP contribution >= 0.6 is 0 Å². The molecule has 0 aromatic rings. The zero-order chi connectivity index (χ0) is 14.8. The molecule has 0 heterocycles. The van der Waals surface area contributed by atoms with Crippen molar-refractivity contribution in [2.75, 3.05) is 39.3 Å². The molecule has 2 heteroatoms. The predicted octanol–water partition coefficient (Wildman–Crippen LogP) is 3.50. The first-order valence-electron chi connectivity index (χ1n) is 6.84. The Bertz CT molecular complexity index is 312. The summed E-state index contributed by atoms with van der Waals surface area (Å²) >= 11 is 0. The van der Waals surface area contributed by atoms with Crippen LogP contribution in [-0.4, -0.2) is 49.1 Å². The van der Waals surface area contributed by atoms with E-state index in [1.807, 2.05) is 6.08 Å². The third-order valence-electron chi connectivity index (χ3n) is 2.60. The molecule has 0 aromatic heterocycles. The molecule has 0 saturated carbocycles. The van der Waals surface area contributed by atoms with Crippen LogP contribution in [0.25, 0.3) is 0 Å². The summed E-state index contributed by atoms with van der Waals surface area (Å²) in [6.45, 7) is 27.7. The molecule has 0 aliphatic carbocycles. The van der Waals surface area contributed by atoms with Crippen molar-refractivity contribution in [2.45, 2.75) is 20.8 Å². The maximum absolute atomic E-state index is 4.00. The van der Waals surface area contributed by atoms with Gasteiger partial charge in [-0.2, -0.15) is 0 Å². The average molecular weight is 262 g/mol. The van der Waals surface area contributed by atoms with Crippen LogP contribution in [0.1, 0.15) is 20.8 Å². The van der Waals surface area contributed by atoms with Crippen molar-refractivity contribution in [2.24, 2.45) is 0 Å². The van der Waals surface area contributed by atoms with Crippen LogP contribution in [0, 0.1) is 0 Å². The van der Waals surface area contributed by atoms with Gasteiger partial charge in [0.25, 0.3) is 0 Å². The Morgan fingerprint density at radius 3 is 1.53 bits per heavy atom. The molecule has 0 atom stereocenters. The minimum Gasteiger partial charge on any atom is -0.295 e. The summed E-state index contributed by atoms with van der Waals surface area (Å²) in [5, 5.41) is 0. The molecule has 0 amide bonds.